The minimum atomic E-state index is 0.309. The maximum Gasteiger partial charge on any atom is 0.169 e. The molecule has 2 aromatic rings. The fourth-order valence-corrected chi connectivity index (χ4v) is 1.61. The average Bonchev–Trinajstić information content (AvgIpc) is 2.38. The van der Waals surface area contributed by atoms with Gasteiger partial charge in [0.1, 0.15) is 12.3 Å². The Morgan fingerprint density at radius 3 is 2.41 bits per heavy atom. The van der Waals surface area contributed by atoms with Crippen molar-refractivity contribution in [1.29, 1.82) is 0 Å². The van der Waals surface area contributed by atoms with E-state index in [1.807, 2.05) is 42.7 Å². The van der Waals surface area contributed by atoms with E-state index >= 15 is 0 Å². The highest BCUT2D eigenvalue weighted by Crippen LogP contribution is 2.18. The summed E-state index contributed by atoms with van der Waals surface area (Å²) in [5.74, 6) is 0.309. The van der Waals surface area contributed by atoms with Crippen LogP contribution in [0.2, 0.25) is 0 Å². The highest BCUT2D eigenvalue weighted by atomic mass is 16.3. The first-order valence-corrected chi connectivity index (χ1v) is 5.75. The largest absolute Gasteiger partial charge is 0.507 e. The fraction of sp³-hybridized carbons (Fsp3) is 0.133. The zero-order chi connectivity index (χ0) is 12.1. The number of aromatic nitrogens is 1. The third kappa shape index (κ3) is 2.94. The Bertz CT molecular complexity index is 515. The van der Waals surface area contributed by atoms with Crippen LogP contribution < -0.4 is 4.57 Å². The highest BCUT2D eigenvalue weighted by Gasteiger charge is 1.96. The maximum absolute atomic E-state index is 9.62. The summed E-state index contributed by atoms with van der Waals surface area (Å²) in [5, 5.41) is 9.62. The third-order valence-electron chi connectivity index (χ3n) is 2.67. The molecule has 0 bridgehead atoms. The van der Waals surface area contributed by atoms with E-state index < -0.39 is 0 Å². The van der Waals surface area contributed by atoms with Crippen molar-refractivity contribution in [3.8, 4) is 5.75 Å². The van der Waals surface area contributed by atoms with Gasteiger partial charge in [0.2, 0.25) is 0 Å². The smallest absolute Gasteiger partial charge is 0.169 e. The molecule has 1 heterocycles. The number of hydrogen-bond acceptors (Lipinski definition) is 1. The van der Waals surface area contributed by atoms with Crippen molar-refractivity contribution < 1.29 is 9.67 Å². The topological polar surface area (TPSA) is 24.1 Å². The Kier molecular flexibility index (Phi) is 3.55. The number of nitrogens with zero attached hydrogens (tertiary/aromatic N) is 1. The summed E-state index contributed by atoms with van der Waals surface area (Å²) >= 11 is 0. The van der Waals surface area contributed by atoms with Gasteiger partial charge < -0.3 is 5.11 Å². The lowest BCUT2D eigenvalue weighted by Crippen LogP contribution is -2.30. The SMILES string of the molecule is CC[n+]1ccc(C=Cc2ccccc2O)cc1. The molecular formula is C15H16NO+. The van der Waals surface area contributed by atoms with E-state index in [1.54, 1.807) is 6.07 Å². The van der Waals surface area contributed by atoms with Crippen LogP contribution in [0.5, 0.6) is 5.75 Å². The molecule has 2 heteroatoms. The van der Waals surface area contributed by atoms with Crippen molar-refractivity contribution in [1.82, 2.24) is 0 Å². The van der Waals surface area contributed by atoms with Gasteiger partial charge >= 0.3 is 0 Å². The van der Waals surface area contributed by atoms with Gasteiger partial charge in [0.15, 0.2) is 12.4 Å². The lowest BCUT2D eigenvalue weighted by molar-refractivity contribution is -0.693. The zero-order valence-corrected chi connectivity index (χ0v) is 9.88. The predicted molar refractivity (Wildman–Crippen MR) is 69.3 cm³/mol. The van der Waals surface area contributed by atoms with E-state index in [0.717, 1.165) is 17.7 Å². The van der Waals surface area contributed by atoms with E-state index in [9.17, 15) is 5.11 Å². The molecule has 2 nitrogen and oxygen atoms in total. The predicted octanol–water partition coefficient (Wildman–Crippen LogP) is 2.87. The molecular weight excluding hydrogens is 210 g/mol. The molecule has 0 fully saturated rings. The van der Waals surface area contributed by atoms with Gasteiger partial charge in [-0.05, 0) is 18.6 Å². The number of phenolic OH excluding ortho intramolecular Hbond substituents is 1. The van der Waals surface area contributed by atoms with E-state index in [4.69, 9.17) is 0 Å². The molecule has 1 N–H and O–H groups in total. The van der Waals surface area contributed by atoms with Crippen LogP contribution in [-0.2, 0) is 6.54 Å². The second kappa shape index (κ2) is 5.30. The monoisotopic (exact) mass is 226 g/mol. The molecule has 1 aromatic carbocycles. The van der Waals surface area contributed by atoms with Gasteiger partial charge in [0.05, 0.1) is 0 Å². The number of benzene rings is 1. The fourth-order valence-electron chi connectivity index (χ4n) is 1.61. The summed E-state index contributed by atoms with van der Waals surface area (Å²) in [4.78, 5) is 0. The summed E-state index contributed by atoms with van der Waals surface area (Å²) in [6.45, 7) is 3.08. The molecule has 86 valence electrons. The molecule has 0 spiro atoms. The maximum atomic E-state index is 9.62. The van der Waals surface area contributed by atoms with E-state index in [2.05, 4.69) is 23.6 Å². The first kappa shape index (κ1) is 11.4. The molecule has 0 saturated carbocycles. The Balaban J connectivity index is 2.17. The van der Waals surface area contributed by atoms with Crippen molar-refractivity contribution in [2.45, 2.75) is 13.5 Å². The minimum absolute atomic E-state index is 0.309. The quantitative estimate of drug-likeness (QED) is 0.799. The van der Waals surface area contributed by atoms with E-state index in [-0.39, 0.29) is 0 Å². The molecule has 0 atom stereocenters. The second-order valence-electron chi connectivity index (χ2n) is 3.85. The molecule has 0 aliphatic heterocycles. The van der Waals surface area contributed by atoms with Gasteiger partial charge in [0.25, 0.3) is 0 Å². The van der Waals surface area contributed by atoms with Gasteiger partial charge in [0, 0.05) is 17.7 Å². The Morgan fingerprint density at radius 1 is 1.06 bits per heavy atom. The van der Waals surface area contributed by atoms with Crippen LogP contribution in [0.25, 0.3) is 12.2 Å². The van der Waals surface area contributed by atoms with Crippen molar-refractivity contribution in [3.63, 3.8) is 0 Å². The molecule has 0 radical (unpaired) electrons. The van der Waals surface area contributed by atoms with Crippen molar-refractivity contribution >= 4 is 12.2 Å². The van der Waals surface area contributed by atoms with Gasteiger partial charge in [-0.15, -0.1) is 0 Å². The Labute approximate surface area is 101 Å². The number of hydrogen-bond donors (Lipinski definition) is 1. The van der Waals surface area contributed by atoms with Crippen LogP contribution in [0.3, 0.4) is 0 Å². The molecule has 17 heavy (non-hydrogen) atoms. The lowest BCUT2D eigenvalue weighted by Gasteiger charge is -1.97. The molecule has 0 unspecified atom stereocenters. The number of pyridine rings is 1. The summed E-state index contributed by atoms with van der Waals surface area (Å²) in [7, 11) is 0. The van der Waals surface area contributed by atoms with Crippen LogP contribution in [0, 0.1) is 0 Å². The normalized spacial score (nSPS) is 10.9. The van der Waals surface area contributed by atoms with Crippen LogP contribution in [0.4, 0.5) is 0 Å². The lowest BCUT2D eigenvalue weighted by atomic mass is 10.1. The van der Waals surface area contributed by atoms with Gasteiger partial charge in [-0.3, -0.25) is 0 Å². The summed E-state index contributed by atoms with van der Waals surface area (Å²) in [6.07, 6.45) is 8.01. The van der Waals surface area contributed by atoms with Gasteiger partial charge in [-0.25, -0.2) is 4.57 Å². The minimum Gasteiger partial charge on any atom is -0.507 e. The number of aryl methyl sites for hydroxylation is 1. The van der Waals surface area contributed by atoms with Crippen molar-refractivity contribution in [3.05, 3.63) is 59.9 Å². The molecule has 2 rings (SSSR count). The van der Waals surface area contributed by atoms with Crippen LogP contribution >= 0.6 is 0 Å². The van der Waals surface area contributed by atoms with E-state index in [0.29, 0.717) is 5.75 Å². The summed E-state index contributed by atoms with van der Waals surface area (Å²) in [6, 6.07) is 11.4. The summed E-state index contributed by atoms with van der Waals surface area (Å²) < 4.78 is 2.11. The Morgan fingerprint density at radius 2 is 1.76 bits per heavy atom. The highest BCUT2D eigenvalue weighted by molar-refractivity contribution is 5.71. The molecule has 0 aliphatic carbocycles. The van der Waals surface area contributed by atoms with Crippen molar-refractivity contribution in [2.24, 2.45) is 0 Å². The third-order valence-corrected chi connectivity index (χ3v) is 2.67. The first-order valence-electron chi connectivity index (χ1n) is 5.75. The first-order chi connectivity index (χ1) is 8.29. The second-order valence-corrected chi connectivity index (χ2v) is 3.85. The number of phenols is 1. The van der Waals surface area contributed by atoms with Crippen LogP contribution in [-0.4, -0.2) is 5.11 Å². The van der Waals surface area contributed by atoms with Crippen LogP contribution in [0.1, 0.15) is 18.1 Å². The van der Waals surface area contributed by atoms with E-state index in [1.165, 1.54) is 0 Å². The number of aromatic hydroxyl groups is 1. The number of rotatable bonds is 3. The number of para-hydroxylation sites is 1. The van der Waals surface area contributed by atoms with Gasteiger partial charge in [-0.1, -0.05) is 30.4 Å². The standard InChI is InChI=1S/C15H15NO/c1-2-16-11-9-13(10-12-16)7-8-14-5-3-4-6-15(14)17/h3-12H,2H2,1H3/p+1. The average molecular weight is 226 g/mol. The van der Waals surface area contributed by atoms with Crippen molar-refractivity contribution in [2.75, 3.05) is 0 Å². The van der Waals surface area contributed by atoms with Crippen LogP contribution in [0.15, 0.2) is 48.8 Å². The molecule has 1 aromatic heterocycles. The molecule has 0 saturated heterocycles. The molecule has 0 amide bonds. The summed E-state index contributed by atoms with van der Waals surface area (Å²) in [5.41, 5.74) is 1.96. The Hall–Kier alpha value is -2.09. The zero-order valence-electron chi connectivity index (χ0n) is 9.88. The molecule has 0 aliphatic rings. The van der Waals surface area contributed by atoms with Gasteiger partial charge in [-0.2, -0.15) is 0 Å².